The molecule has 0 rings (SSSR count). The summed E-state index contributed by atoms with van der Waals surface area (Å²) >= 11 is 0. The molecule has 0 aliphatic carbocycles. The number of nitrogens with two attached hydrogens (primary N) is 1. The van der Waals surface area contributed by atoms with Crippen molar-refractivity contribution in [1.82, 2.24) is 21.3 Å². The molecule has 0 aromatic carbocycles. The van der Waals surface area contributed by atoms with E-state index in [9.17, 15) is 14.4 Å². The van der Waals surface area contributed by atoms with Crippen LogP contribution in [0.4, 0.5) is 0 Å². The van der Waals surface area contributed by atoms with Gasteiger partial charge in [-0.1, -0.05) is 0 Å². The lowest BCUT2D eigenvalue weighted by molar-refractivity contribution is -0.137. The van der Waals surface area contributed by atoms with Gasteiger partial charge in [0.1, 0.15) is 0 Å². The molecule has 7 N–H and O–H groups in total. The molecule has 0 spiro atoms. The van der Waals surface area contributed by atoms with Crippen molar-refractivity contribution < 1.29 is 19.5 Å². The van der Waals surface area contributed by atoms with Gasteiger partial charge in [-0.2, -0.15) is 0 Å². The summed E-state index contributed by atoms with van der Waals surface area (Å²) in [7, 11) is 0. The SMILES string of the molecule is CC(C)(C)NC(=O)CC[C@H](N)C(=O)NCCNCCNCCC(=O)O. The van der Waals surface area contributed by atoms with Crippen LogP contribution in [0.5, 0.6) is 0 Å². The zero-order chi connectivity index (χ0) is 19.3. The average Bonchev–Trinajstić information content (AvgIpc) is 2.48. The molecule has 2 amide bonds. The molecular weight excluding hydrogens is 326 g/mol. The topological polar surface area (TPSA) is 146 Å². The highest BCUT2D eigenvalue weighted by Crippen LogP contribution is 2.01. The number of carbonyl (C=O) groups is 3. The van der Waals surface area contributed by atoms with Crippen LogP contribution in [0.3, 0.4) is 0 Å². The standard InChI is InChI=1S/C16H33N5O4/c1-16(2,3)21-13(22)5-4-12(17)15(25)20-11-10-19-9-8-18-7-6-14(23)24/h12,18-19H,4-11,17H2,1-3H3,(H,20,25)(H,21,22)(H,23,24)/t12-/m0/s1. The molecule has 0 fully saturated rings. The molecule has 0 saturated carbocycles. The lowest BCUT2D eigenvalue weighted by Crippen LogP contribution is -2.45. The van der Waals surface area contributed by atoms with Crippen molar-refractivity contribution in [2.75, 3.05) is 32.7 Å². The minimum atomic E-state index is -0.824. The zero-order valence-corrected chi connectivity index (χ0v) is 15.5. The molecule has 1 atom stereocenters. The molecule has 0 bridgehead atoms. The Morgan fingerprint density at radius 2 is 1.52 bits per heavy atom. The Balaban J connectivity index is 3.62. The summed E-state index contributed by atoms with van der Waals surface area (Å²) in [4.78, 5) is 33.8. The Labute approximate surface area is 149 Å². The molecule has 0 heterocycles. The summed E-state index contributed by atoms with van der Waals surface area (Å²) in [6.07, 6.45) is 0.614. The van der Waals surface area contributed by atoms with Gasteiger partial charge in [0.25, 0.3) is 0 Å². The van der Waals surface area contributed by atoms with Gasteiger partial charge in [-0.3, -0.25) is 14.4 Å². The van der Waals surface area contributed by atoms with E-state index in [1.54, 1.807) is 0 Å². The summed E-state index contributed by atoms with van der Waals surface area (Å²) in [6.45, 7) is 8.48. The van der Waals surface area contributed by atoms with Crippen LogP contribution in [0.2, 0.25) is 0 Å². The Hall–Kier alpha value is -1.71. The Bertz CT molecular complexity index is 423. The van der Waals surface area contributed by atoms with Crippen molar-refractivity contribution in [2.24, 2.45) is 5.73 Å². The fourth-order valence-electron chi connectivity index (χ4n) is 1.93. The fourth-order valence-corrected chi connectivity index (χ4v) is 1.93. The summed E-state index contributed by atoms with van der Waals surface area (Å²) in [6, 6.07) is -0.705. The molecule has 0 unspecified atom stereocenters. The third-order valence-electron chi connectivity index (χ3n) is 3.13. The number of carboxylic acid groups (broad SMARTS) is 1. The Kier molecular flexibility index (Phi) is 11.8. The maximum Gasteiger partial charge on any atom is 0.304 e. The van der Waals surface area contributed by atoms with Gasteiger partial charge in [-0.05, 0) is 27.2 Å². The van der Waals surface area contributed by atoms with E-state index < -0.39 is 12.0 Å². The van der Waals surface area contributed by atoms with E-state index in [-0.39, 0.29) is 30.2 Å². The quantitative estimate of drug-likeness (QED) is 0.226. The highest BCUT2D eigenvalue weighted by atomic mass is 16.4. The number of amides is 2. The summed E-state index contributed by atoms with van der Waals surface area (Å²) < 4.78 is 0. The first-order valence-corrected chi connectivity index (χ1v) is 8.59. The van der Waals surface area contributed by atoms with Gasteiger partial charge in [0, 0.05) is 44.7 Å². The second kappa shape index (κ2) is 12.6. The number of aliphatic carboxylic acids is 1. The molecular formula is C16H33N5O4. The molecule has 9 nitrogen and oxygen atoms in total. The van der Waals surface area contributed by atoms with Gasteiger partial charge < -0.3 is 32.1 Å². The fraction of sp³-hybridized carbons (Fsp3) is 0.812. The number of hydrogen-bond donors (Lipinski definition) is 6. The van der Waals surface area contributed by atoms with Crippen LogP contribution >= 0.6 is 0 Å². The van der Waals surface area contributed by atoms with Crippen molar-refractivity contribution in [1.29, 1.82) is 0 Å². The van der Waals surface area contributed by atoms with Crippen LogP contribution in [-0.4, -0.2) is 67.2 Å². The van der Waals surface area contributed by atoms with Crippen molar-refractivity contribution in [2.45, 2.75) is 51.6 Å². The normalized spacial score (nSPS) is 12.5. The minimum absolute atomic E-state index is 0.0989. The van der Waals surface area contributed by atoms with Crippen LogP contribution in [0.25, 0.3) is 0 Å². The van der Waals surface area contributed by atoms with E-state index in [1.807, 2.05) is 20.8 Å². The second-order valence-electron chi connectivity index (χ2n) is 6.88. The largest absolute Gasteiger partial charge is 0.481 e. The van der Waals surface area contributed by atoms with Crippen LogP contribution in [0.1, 0.15) is 40.0 Å². The first kappa shape index (κ1) is 23.3. The van der Waals surface area contributed by atoms with Crippen LogP contribution in [0, 0.1) is 0 Å². The summed E-state index contributed by atoms with van der Waals surface area (Å²) in [5.74, 6) is -1.21. The third-order valence-corrected chi connectivity index (χ3v) is 3.13. The van der Waals surface area contributed by atoms with Gasteiger partial charge in [0.05, 0.1) is 12.5 Å². The second-order valence-corrected chi connectivity index (χ2v) is 6.88. The summed E-state index contributed by atoms with van der Waals surface area (Å²) in [5, 5.41) is 20.1. The highest BCUT2D eigenvalue weighted by Gasteiger charge is 2.17. The average molecular weight is 359 g/mol. The van der Waals surface area contributed by atoms with Gasteiger partial charge in [-0.15, -0.1) is 0 Å². The predicted molar refractivity (Wildman–Crippen MR) is 96.1 cm³/mol. The highest BCUT2D eigenvalue weighted by molar-refractivity contribution is 5.83. The lowest BCUT2D eigenvalue weighted by atomic mass is 10.1. The molecule has 0 aliphatic heterocycles. The number of carbonyl (C=O) groups excluding carboxylic acids is 2. The number of carboxylic acids is 1. The first-order valence-electron chi connectivity index (χ1n) is 8.59. The maximum absolute atomic E-state index is 11.8. The zero-order valence-electron chi connectivity index (χ0n) is 15.5. The smallest absolute Gasteiger partial charge is 0.304 e. The van der Waals surface area contributed by atoms with E-state index in [0.29, 0.717) is 39.1 Å². The van der Waals surface area contributed by atoms with Gasteiger partial charge in [0.2, 0.25) is 11.8 Å². The van der Waals surface area contributed by atoms with E-state index in [4.69, 9.17) is 10.8 Å². The molecule has 0 aromatic rings. The van der Waals surface area contributed by atoms with Crippen LogP contribution < -0.4 is 27.0 Å². The monoisotopic (exact) mass is 359 g/mol. The lowest BCUT2D eigenvalue weighted by Gasteiger charge is -2.21. The first-order chi connectivity index (χ1) is 11.6. The predicted octanol–water partition coefficient (Wildman–Crippen LogP) is -1.22. The van der Waals surface area contributed by atoms with Crippen molar-refractivity contribution in [3.05, 3.63) is 0 Å². The van der Waals surface area contributed by atoms with Crippen molar-refractivity contribution >= 4 is 17.8 Å². The Morgan fingerprint density at radius 3 is 2.08 bits per heavy atom. The van der Waals surface area contributed by atoms with E-state index in [1.165, 1.54) is 0 Å². The molecule has 0 saturated heterocycles. The van der Waals surface area contributed by atoms with Gasteiger partial charge in [-0.25, -0.2) is 0 Å². The van der Waals surface area contributed by atoms with Crippen LogP contribution in [-0.2, 0) is 14.4 Å². The summed E-state index contributed by atoms with van der Waals surface area (Å²) in [5.41, 5.74) is 5.48. The number of hydrogen-bond acceptors (Lipinski definition) is 6. The molecule has 9 heteroatoms. The van der Waals surface area contributed by atoms with Crippen LogP contribution in [0.15, 0.2) is 0 Å². The maximum atomic E-state index is 11.8. The van der Waals surface area contributed by atoms with E-state index in [0.717, 1.165) is 0 Å². The minimum Gasteiger partial charge on any atom is -0.481 e. The van der Waals surface area contributed by atoms with Gasteiger partial charge >= 0.3 is 5.97 Å². The van der Waals surface area contributed by atoms with E-state index in [2.05, 4.69) is 21.3 Å². The Morgan fingerprint density at radius 1 is 0.960 bits per heavy atom. The van der Waals surface area contributed by atoms with Gasteiger partial charge in [0.15, 0.2) is 0 Å². The molecule has 0 radical (unpaired) electrons. The van der Waals surface area contributed by atoms with Crippen molar-refractivity contribution in [3.63, 3.8) is 0 Å². The number of rotatable bonds is 13. The van der Waals surface area contributed by atoms with Crippen molar-refractivity contribution in [3.8, 4) is 0 Å². The third kappa shape index (κ3) is 15.6. The molecule has 25 heavy (non-hydrogen) atoms. The molecule has 0 aliphatic rings. The molecule has 0 aromatic heterocycles. The number of nitrogens with one attached hydrogen (secondary N) is 4. The van der Waals surface area contributed by atoms with E-state index >= 15 is 0 Å². The molecule has 146 valence electrons.